The first-order valence-corrected chi connectivity index (χ1v) is 8.76. The van der Waals surface area contributed by atoms with Gasteiger partial charge in [-0.05, 0) is 23.6 Å². The number of thioether (sulfide) groups is 1. The third kappa shape index (κ3) is 4.99. The first-order valence-electron chi connectivity index (χ1n) is 6.96. The van der Waals surface area contributed by atoms with E-state index in [0.717, 1.165) is 27.3 Å². The fourth-order valence-electron chi connectivity index (χ4n) is 1.68. The molecule has 0 aliphatic carbocycles. The lowest BCUT2D eigenvalue weighted by atomic mass is 10.1. The lowest BCUT2D eigenvalue weighted by Crippen LogP contribution is -2.07. The minimum atomic E-state index is -0.317. The van der Waals surface area contributed by atoms with E-state index in [9.17, 15) is 4.79 Å². The molecule has 1 N–H and O–H groups in total. The quantitative estimate of drug-likeness (QED) is 0.614. The summed E-state index contributed by atoms with van der Waals surface area (Å²) in [5.41, 5.74) is 1.62. The highest BCUT2D eigenvalue weighted by molar-refractivity contribution is 8.00. The number of nitrogens with zero attached hydrogens (tertiary/aromatic N) is 2. The number of hydrogen-bond donors (Lipinski definition) is 1. The molecule has 0 aliphatic heterocycles. The summed E-state index contributed by atoms with van der Waals surface area (Å²) in [6.07, 6.45) is 0. The van der Waals surface area contributed by atoms with Crippen molar-refractivity contribution >= 4 is 34.2 Å². The van der Waals surface area contributed by atoms with Gasteiger partial charge in [-0.3, -0.25) is 0 Å². The second kappa shape index (κ2) is 8.14. The standard InChI is InChI=1S/C15H19N3O2S2/c1-10(2)8-16-14-17-18-15(22-14)21-9-11-5-4-6-12(7-11)13(19)20-3/h4-7,10H,8-9H2,1-3H3,(H,16,17). The highest BCUT2D eigenvalue weighted by Gasteiger charge is 2.08. The first kappa shape index (κ1) is 16.8. The van der Waals surface area contributed by atoms with E-state index in [1.165, 1.54) is 7.11 Å². The molecular formula is C15H19N3O2S2. The number of carbonyl (C=O) groups excluding carboxylic acids is 1. The molecule has 0 spiro atoms. The third-order valence-corrected chi connectivity index (χ3v) is 4.86. The summed E-state index contributed by atoms with van der Waals surface area (Å²) >= 11 is 3.16. The lowest BCUT2D eigenvalue weighted by molar-refractivity contribution is 0.0600. The Morgan fingerprint density at radius 2 is 2.23 bits per heavy atom. The van der Waals surface area contributed by atoms with Crippen LogP contribution in [0.3, 0.4) is 0 Å². The van der Waals surface area contributed by atoms with Crippen molar-refractivity contribution in [3.63, 3.8) is 0 Å². The molecule has 5 nitrogen and oxygen atoms in total. The van der Waals surface area contributed by atoms with Crippen molar-refractivity contribution in [3.05, 3.63) is 35.4 Å². The predicted octanol–water partition coefficient (Wildman–Crippen LogP) is 3.68. The topological polar surface area (TPSA) is 64.1 Å². The molecule has 0 saturated carbocycles. The van der Waals surface area contributed by atoms with E-state index in [-0.39, 0.29) is 5.97 Å². The van der Waals surface area contributed by atoms with E-state index in [2.05, 4.69) is 29.4 Å². The van der Waals surface area contributed by atoms with E-state index < -0.39 is 0 Å². The number of rotatable bonds is 7. The van der Waals surface area contributed by atoms with Gasteiger partial charge in [-0.25, -0.2) is 4.79 Å². The number of benzene rings is 1. The molecule has 0 saturated heterocycles. The highest BCUT2D eigenvalue weighted by atomic mass is 32.2. The fourth-order valence-corrected chi connectivity index (χ4v) is 3.38. The van der Waals surface area contributed by atoms with Crippen molar-refractivity contribution in [2.45, 2.75) is 23.9 Å². The maximum absolute atomic E-state index is 11.5. The Morgan fingerprint density at radius 3 is 2.95 bits per heavy atom. The van der Waals surface area contributed by atoms with Gasteiger partial charge >= 0.3 is 5.97 Å². The van der Waals surface area contributed by atoms with Gasteiger partial charge in [0.25, 0.3) is 0 Å². The summed E-state index contributed by atoms with van der Waals surface area (Å²) in [7, 11) is 1.39. The van der Waals surface area contributed by atoms with Gasteiger partial charge in [0.15, 0.2) is 4.34 Å². The first-order chi connectivity index (χ1) is 10.6. The van der Waals surface area contributed by atoms with Gasteiger partial charge in [-0.2, -0.15) is 0 Å². The number of carbonyl (C=O) groups is 1. The summed E-state index contributed by atoms with van der Waals surface area (Å²) in [5.74, 6) is 0.993. The second-order valence-electron chi connectivity index (χ2n) is 5.13. The van der Waals surface area contributed by atoms with Crippen molar-refractivity contribution in [3.8, 4) is 0 Å². The van der Waals surface area contributed by atoms with Gasteiger partial charge < -0.3 is 10.1 Å². The summed E-state index contributed by atoms with van der Waals surface area (Å²) in [4.78, 5) is 11.5. The molecule has 1 aromatic carbocycles. The minimum absolute atomic E-state index is 0.317. The number of anilines is 1. The molecule has 0 radical (unpaired) electrons. The molecule has 0 aliphatic rings. The van der Waals surface area contributed by atoms with Crippen LogP contribution >= 0.6 is 23.1 Å². The van der Waals surface area contributed by atoms with Crippen LogP contribution in [0.1, 0.15) is 29.8 Å². The van der Waals surface area contributed by atoms with Gasteiger partial charge in [0.05, 0.1) is 12.7 Å². The molecule has 0 bridgehead atoms. The van der Waals surface area contributed by atoms with Crippen molar-refractivity contribution in [1.82, 2.24) is 10.2 Å². The molecule has 0 unspecified atom stereocenters. The molecule has 2 aromatic rings. The van der Waals surface area contributed by atoms with E-state index in [0.29, 0.717) is 11.5 Å². The molecule has 0 fully saturated rings. The Bertz CT molecular complexity index is 629. The summed E-state index contributed by atoms with van der Waals surface area (Å²) < 4.78 is 5.64. The Kier molecular flexibility index (Phi) is 6.21. The highest BCUT2D eigenvalue weighted by Crippen LogP contribution is 2.28. The van der Waals surface area contributed by atoms with Crippen molar-refractivity contribution in [2.24, 2.45) is 5.92 Å². The van der Waals surface area contributed by atoms with E-state index >= 15 is 0 Å². The molecule has 0 atom stereocenters. The van der Waals surface area contributed by atoms with Gasteiger partial charge in [-0.15, -0.1) is 10.2 Å². The second-order valence-corrected chi connectivity index (χ2v) is 7.33. The van der Waals surface area contributed by atoms with Crippen LogP contribution in [0.15, 0.2) is 28.6 Å². The van der Waals surface area contributed by atoms with Crippen molar-refractivity contribution in [1.29, 1.82) is 0 Å². The maximum Gasteiger partial charge on any atom is 0.337 e. The Labute approximate surface area is 138 Å². The lowest BCUT2D eigenvalue weighted by Gasteiger charge is -2.03. The molecule has 1 aromatic heterocycles. The molecular weight excluding hydrogens is 318 g/mol. The zero-order valence-electron chi connectivity index (χ0n) is 12.8. The molecule has 118 valence electrons. The van der Waals surface area contributed by atoms with Crippen molar-refractivity contribution < 1.29 is 9.53 Å². The number of aromatic nitrogens is 2. The smallest absolute Gasteiger partial charge is 0.337 e. The van der Waals surface area contributed by atoms with Crippen LogP contribution in [0.5, 0.6) is 0 Å². The number of nitrogens with one attached hydrogen (secondary N) is 1. The molecule has 7 heteroatoms. The van der Waals surface area contributed by atoms with E-state index in [1.807, 2.05) is 18.2 Å². The number of ether oxygens (including phenoxy) is 1. The van der Waals surface area contributed by atoms with Crippen LogP contribution in [-0.2, 0) is 10.5 Å². The Hall–Kier alpha value is -1.60. The van der Waals surface area contributed by atoms with E-state index in [4.69, 9.17) is 4.74 Å². The largest absolute Gasteiger partial charge is 0.465 e. The number of hydrogen-bond acceptors (Lipinski definition) is 7. The molecule has 2 rings (SSSR count). The molecule has 1 heterocycles. The average molecular weight is 337 g/mol. The van der Waals surface area contributed by atoms with Crippen LogP contribution < -0.4 is 5.32 Å². The van der Waals surface area contributed by atoms with Crippen LogP contribution in [-0.4, -0.2) is 29.8 Å². The minimum Gasteiger partial charge on any atom is -0.465 e. The zero-order chi connectivity index (χ0) is 15.9. The molecule has 22 heavy (non-hydrogen) atoms. The monoisotopic (exact) mass is 337 g/mol. The maximum atomic E-state index is 11.5. The summed E-state index contributed by atoms with van der Waals surface area (Å²) in [6, 6.07) is 7.44. The van der Waals surface area contributed by atoms with E-state index in [1.54, 1.807) is 29.2 Å². The summed E-state index contributed by atoms with van der Waals surface area (Å²) in [6.45, 7) is 5.19. The Morgan fingerprint density at radius 1 is 1.41 bits per heavy atom. The third-order valence-electron chi connectivity index (χ3n) is 2.78. The van der Waals surface area contributed by atoms with Gasteiger partial charge in [0.2, 0.25) is 5.13 Å². The zero-order valence-corrected chi connectivity index (χ0v) is 14.5. The Balaban J connectivity index is 1.91. The van der Waals surface area contributed by atoms with Gasteiger partial charge in [0.1, 0.15) is 0 Å². The van der Waals surface area contributed by atoms with Crippen LogP contribution in [0.25, 0.3) is 0 Å². The van der Waals surface area contributed by atoms with Gasteiger partial charge in [0, 0.05) is 12.3 Å². The van der Waals surface area contributed by atoms with Crippen LogP contribution in [0.4, 0.5) is 5.13 Å². The fraction of sp³-hybridized carbons (Fsp3) is 0.400. The van der Waals surface area contributed by atoms with Gasteiger partial charge in [-0.1, -0.05) is 49.1 Å². The van der Waals surface area contributed by atoms with Crippen LogP contribution in [0.2, 0.25) is 0 Å². The number of methoxy groups -OCH3 is 1. The average Bonchev–Trinajstić information content (AvgIpc) is 2.98. The predicted molar refractivity (Wildman–Crippen MR) is 90.6 cm³/mol. The number of esters is 1. The molecule has 0 amide bonds. The summed E-state index contributed by atoms with van der Waals surface area (Å²) in [5, 5.41) is 12.4. The van der Waals surface area contributed by atoms with Crippen LogP contribution in [0, 0.1) is 5.92 Å². The SMILES string of the molecule is COC(=O)c1cccc(CSc2nnc(NCC(C)C)s2)c1. The van der Waals surface area contributed by atoms with Crippen molar-refractivity contribution in [2.75, 3.05) is 19.0 Å². The normalized spacial score (nSPS) is 10.7.